The van der Waals surface area contributed by atoms with Gasteiger partial charge < -0.3 is 14.6 Å². The second-order valence-electron chi connectivity index (χ2n) is 7.85. The lowest BCUT2D eigenvalue weighted by Crippen LogP contribution is -2.37. The van der Waals surface area contributed by atoms with Crippen LogP contribution >= 0.6 is 12.2 Å². The molecule has 0 fully saturated rings. The van der Waals surface area contributed by atoms with Crippen LogP contribution in [-0.2, 0) is 0 Å². The summed E-state index contributed by atoms with van der Waals surface area (Å²) in [5.41, 5.74) is 5.23. The van der Waals surface area contributed by atoms with Gasteiger partial charge in [0.15, 0.2) is 16.8 Å². The van der Waals surface area contributed by atoms with Crippen LogP contribution in [0, 0.1) is 10.6 Å². The van der Waals surface area contributed by atoms with Crippen LogP contribution in [0.5, 0.6) is 23.1 Å². The number of rotatable bonds is 4. The van der Waals surface area contributed by atoms with E-state index in [1.54, 1.807) is 24.3 Å². The number of H-pyrrole nitrogens is 1. The number of Topliss-reactive ketones (excluding diaryl/α,β-unsaturated/α-hetero) is 1. The molecular weight excluding hydrogens is 485 g/mol. The van der Waals surface area contributed by atoms with Crippen molar-refractivity contribution >= 4 is 24.1 Å². The van der Waals surface area contributed by atoms with E-state index in [2.05, 4.69) is 4.98 Å². The smallest absolute Gasteiger partial charge is 0.262 e. The molecule has 1 aliphatic rings. The number of benzene rings is 3. The SMILES string of the molecule is NC1Oc2ccc(F)cc2C(=O)C1=Cc1c(O)n(-c2ccc(Oc3ccccc3)cc2)c(=S)[nH]c1=O. The number of carbonyl (C=O) groups is 1. The summed E-state index contributed by atoms with van der Waals surface area (Å²) in [6.07, 6.45) is -0.118. The van der Waals surface area contributed by atoms with Gasteiger partial charge in [-0.25, -0.2) is 4.39 Å². The Morgan fingerprint density at radius 3 is 2.47 bits per heavy atom. The third-order valence-corrected chi connectivity index (χ3v) is 5.79. The van der Waals surface area contributed by atoms with E-state index < -0.39 is 29.3 Å². The van der Waals surface area contributed by atoms with Gasteiger partial charge in [-0.3, -0.25) is 24.9 Å². The van der Waals surface area contributed by atoms with Gasteiger partial charge in [-0.1, -0.05) is 18.2 Å². The predicted molar refractivity (Wildman–Crippen MR) is 133 cm³/mol. The molecule has 1 aliphatic heterocycles. The van der Waals surface area contributed by atoms with Crippen molar-refractivity contribution in [2.24, 2.45) is 5.73 Å². The van der Waals surface area contributed by atoms with Gasteiger partial charge in [0.2, 0.25) is 5.88 Å². The van der Waals surface area contributed by atoms with Crippen molar-refractivity contribution in [3.8, 4) is 28.8 Å². The maximum absolute atomic E-state index is 13.7. The fraction of sp³-hybridized carbons (Fsp3) is 0.0385. The molecule has 180 valence electrons. The molecule has 3 aromatic carbocycles. The van der Waals surface area contributed by atoms with Gasteiger partial charge in [0.05, 0.1) is 16.8 Å². The molecule has 1 atom stereocenters. The summed E-state index contributed by atoms with van der Waals surface area (Å²) in [4.78, 5) is 28.1. The first-order valence-corrected chi connectivity index (χ1v) is 11.1. The number of carbonyl (C=O) groups excluding carboxylic acids is 1. The highest BCUT2D eigenvalue weighted by Gasteiger charge is 2.31. The minimum absolute atomic E-state index is 0.0411. The fourth-order valence-corrected chi connectivity index (χ4v) is 4.05. The maximum Gasteiger partial charge on any atom is 0.262 e. The molecule has 0 saturated carbocycles. The van der Waals surface area contributed by atoms with Crippen LogP contribution in [0.25, 0.3) is 11.8 Å². The minimum Gasteiger partial charge on any atom is -0.494 e. The third-order valence-electron chi connectivity index (χ3n) is 5.50. The Labute approximate surface area is 208 Å². The molecule has 1 unspecified atom stereocenters. The Bertz CT molecular complexity index is 1630. The molecule has 0 amide bonds. The van der Waals surface area contributed by atoms with E-state index in [1.165, 1.54) is 10.6 Å². The maximum atomic E-state index is 13.7. The Hall–Kier alpha value is -4.54. The first-order valence-electron chi connectivity index (χ1n) is 10.7. The molecule has 0 aliphatic carbocycles. The molecule has 0 radical (unpaired) electrons. The van der Waals surface area contributed by atoms with Gasteiger partial charge in [-0.05, 0) is 72.9 Å². The Balaban J connectivity index is 1.54. The van der Waals surface area contributed by atoms with Crippen molar-refractivity contribution < 1.29 is 23.8 Å². The van der Waals surface area contributed by atoms with Crippen molar-refractivity contribution in [3.63, 3.8) is 0 Å². The van der Waals surface area contributed by atoms with Gasteiger partial charge in [0.1, 0.15) is 28.6 Å². The lowest BCUT2D eigenvalue weighted by Gasteiger charge is -2.24. The number of ether oxygens (including phenoxy) is 2. The number of nitrogens with two attached hydrogens (primary N) is 1. The van der Waals surface area contributed by atoms with Gasteiger partial charge >= 0.3 is 0 Å². The number of aromatic nitrogens is 2. The average molecular weight is 504 g/mol. The molecule has 5 rings (SSSR count). The number of halogens is 1. The molecule has 0 spiro atoms. The highest BCUT2D eigenvalue weighted by Crippen LogP contribution is 2.32. The van der Waals surface area contributed by atoms with E-state index in [-0.39, 0.29) is 27.2 Å². The van der Waals surface area contributed by atoms with Crippen LogP contribution in [0.1, 0.15) is 15.9 Å². The third kappa shape index (κ3) is 4.30. The van der Waals surface area contributed by atoms with E-state index >= 15 is 0 Å². The number of aromatic amines is 1. The van der Waals surface area contributed by atoms with Gasteiger partial charge in [-0.2, -0.15) is 0 Å². The molecule has 4 aromatic rings. The van der Waals surface area contributed by atoms with Crippen molar-refractivity contribution in [1.82, 2.24) is 9.55 Å². The molecule has 8 nitrogen and oxygen atoms in total. The summed E-state index contributed by atoms with van der Waals surface area (Å²) in [6, 6.07) is 19.3. The zero-order valence-corrected chi connectivity index (χ0v) is 19.3. The minimum atomic E-state index is -1.24. The van der Waals surface area contributed by atoms with Gasteiger partial charge in [-0.15, -0.1) is 0 Å². The largest absolute Gasteiger partial charge is 0.494 e. The highest BCUT2D eigenvalue weighted by molar-refractivity contribution is 7.71. The van der Waals surface area contributed by atoms with Crippen LogP contribution in [0.4, 0.5) is 4.39 Å². The Morgan fingerprint density at radius 1 is 1.06 bits per heavy atom. The monoisotopic (exact) mass is 503 g/mol. The van der Waals surface area contributed by atoms with E-state index in [9.17, 15) is 19.1 Å². The summed E-state index contributed by atoms with van der Waals surface area (Å²) < 4.78 is 26.1. The van der Waals surface area contributed by atoms with E-state index in [0.717, 1.165) is 18.2 Å². The van der Waals surface area contributed by atoms with E-state index in [4.69, 9.17) is 27.4 Å². The van der Waals surface area contributed by atoms with Gasteiger partial charge in [0.25, 0.3) is 5.56 Å². The van der Waals surface area contributed by atoms with Crippen molar-refractivity contribution in [2.45, 2.75) is 6.23 Å². The van der Waals surface area contributed by atoms with Crippen LogP contribution in [0.3, 0.4) is 0 Å². The van der Waals surface area contributed by atoms with Crippen LogP contribution in [-0.4, -0.2) is 26.7 Å². The molecule has 0 saturated heterocycles. The summed E-state index contributed by atoms with van der Waals surface area (Å²) in [6.45, 7) is 0. The van der Waals surface area contributed by atoms with Crippen LogP contribution < -0.4 is 20.8 Å². The standard InChI is InChI=1S/C26H18FN3O5S/c27-14-6-11-21-18(12-14)22(31)19(23(28)35-21)13-20-24(32)29-26(36)30(25(20)33)15-7-9-17(10-8-15)34-16-4-2-1-3-5-16/h1-13,23,33H,28H2,(H,29,32,36). The molecule has 2 heterocycles. The Morgan fingerprint density at radius 2 is 1.75 bits per heavy atom. The molecule has 10 heteroatoms. The number of nitrogens with one attached hydrogen (secondary N) is 1. The number of hydrogen-bond donors (Lipinski definition) is 3. The number of fused-ring (bicyclic) bond motifs is 1. The van der Waals surface area contributed by atoms with Gasteiger partial charge in [0, 0.05) is 0 Å². The second-order valence-corrected chi connectivity index (χ2v) is 8.24. The lowest BCUT2D eigenvalue weighted by molar-refractivity contribution is 0.0966. The molecule has 4 N–H and O–H groups in total. The number of nitrogens with zero attached hydrogens (tertiary/aromatic N) is 1. The molecule has 1 aromatic heterocycles. The van der Waals surface area contributed by atoms with Crippen molar-refractivity contribution in [2.75, 3.05) is 0 Å². The highest BCUT2D eigenvalue weighted by atomic mass is 32.1. The zero-order valence-electron chi connectivity index (χ0n) is 18.5. The summed E-state index contributed by atoms with van der Waals surface area (Å²) in [5, 5.41) is 11.0. The molecule has 36 heavy (non-hydrogen) atoms. The number of aromatic hydroxyl groups is 1. The first-order chi connectivity index (χ1) is 17.3. The average Bonchev–Trinajstić information content (AvgIpc) is 2.85. The number of ketones is 1. The summed E-state index contributed by atoms with van der Waals surface area (Å²) in [7, 11) is 0. The zero-order chi connectivity index (χ0) is 25.4. The van der Waals surface area contributed by atoms with Crippen LogP contribution in [0.2, 0.25) is 0 Å². The summed E-state index contributed by atoms with van der Waals surface area (Å²) >= 11 is 5.26. The Kier molecular flexibility index (Phi) is 5.96. The van der Waals surface area contributed by atoms with E-state index in [0.29, 0.717) is 17.2 Å². The molecular formula is C26H18FN3O5S. The normalized spacial score (nSPS) is 15.9. The van der Waals surface area contributed by atoms with Crippen LogP contribution in [0.15, 0.2) is 83.2 Å². The predicted octanol–water partition coefficient (Wildman–Crippen LogP) is 4.48. The topological polar surface area (TPSA) is 120 Å². The summed E-state index contributed by atoms with van der Waals surface area (Å²) in [5.74, 6) is -0.451. The number of para-hydroxylation sites is 1. The van der Waals surface area contributed by atoms with E-state index in [1.807, 2.05) is 30.3 Å². The fourth-order valence-electron chi connectivity index (χ4n) is 3.77. The number of hydrogen-bond acceptors (Lipinski definition) is 7. The lowest BCUT2D eigenvalue weighted by atomic mass is 9.97. The van der Waals surface area contributed by atoms with Crippen molar-refractivity contribution in [3.05, 3.63) is 110 Å². The second kappa shape index (κ2) is 9.25. The quantitative estimate of drug-likeness (QED) is 0.278. The molecule has 0 bridgehead atoms. The first kappa shape index (κ1) is 23.2. The van der Waals surface area contributed by atoms with Crippen molar-refractivity contribution in [1.29, 1.82) is 0 Å².